The van der Waals surface area contributed by atoms with Gasteiger partial charge >= 0.3 is 0 Å². The molecule has 1 aliphatic carbocycles. The Balaban J connectivity index is 1.77. The molecule has 0 saturated heterocycles. The zero-order valence-corrected chi connectivity index (χ0v) is 10.5. The fourth-order valence-electron chi connectivity index (χ4n) is 2.60. The van der Waals surface area contributed by atoms with E-state index in [4.69, 9.17) is 9.68 Å². The topological polar surface area (TPSA) is 49.0 Å². The Kier molecular flexibility index (Phi) is 3.86. The maximum Gasteiger partial charge on any atom is 0.203 e. The highest BCUT2D eigenvalue weighted by Gasteiger charge is 2.26. The Labute approximate surface area is 103 Å². The molecule has 0 bridgehead atoms. The van der Waals surface area contributed by atoms with E-state index in [0.29, 0.717) is 11.2 Å². The average Bonchev–Trinajstić information content (AvgIpc) is 2.78. The zero-order chi connectivity index (χ0) is 12.1. The van der Waals surface area contributed by atoms with Crippen LogP contribution in [0.1, 0.15) is 50.5 Å². The number of nitrogens with zero attached hydrogens (tertiary/aromatic N) is 1. The van der Waals surface area contributed by atoms with E-state index in [1.54, 1.807) is 6.07 Å². The van der Waals surface area contributed by atoms with Crippen LogP contribution in [-0.4, -0.2) is 6.54 Å². The van der Waals surface area contributed by atoms with E-state index in [2.05, 4.69) is 12.2 Å². The predicted molar refractivity (Wildman–Crippen MR) is 66.3 cm³/mol. The van der Waals surface area contributed by atoms with Crippen LogP contribution in [0.25, 0.3) is 0 Å². The lowest BCUT2D eigenvalue weighted by Crippen LogP contribution is -2.33. The molecule has 3 heteroatoms. The highest BCUT2D eigenvalue weighted by Crippen LogP contribution is 2.34. The summed E-state index contributed by atoms with van der Waals surface area (Å²) in [5, 5.41) is 12.1. The molecule has 0 atom stereocenters. The van der Waals surface area contributed by atoms with Crippen LogP contribution in [-0.2, 0) is 6.54 Å². The van der Waals surface area contributed by atoms with Gasteiger partial charge in [-0.05, 0) is 30.4 Å². The molecule has 17 heavy (non-hydrogen) atoms. The number of nitriles is 1. The van der Waals surface area contributed by atoms with Gasteiger partial charge in [0.15, 0.2) is 0 Å². The van der Waals surface area contributed by atoms with Crippen molar-refractivity contribution < 1.29 is 4.42 Å². The first-order chi connectivity index (χ1) is 8.22. The van der Waals surface area contributed by atoms with Gasteiger partial charge in [0.05, 0.1) is 6.54 Å². The second kappa shape index (κ2) is 5.37. The van der Waals surface area contributed by atoms with Crippen molar-refractivity contribution in [1.82, 2.24) is 5.32 Å². The summed E-state index contributed by atoms with van der Waals surface area (Å²) in [6.45, 7) is 4.12. The third-order valence-corrected chi connectivity index (χ3v) is 3.68. The average molecular weight is 232 g/mol. The molecular formula is C14H20N2O. The van der Waals surface area contributed by atoms with Crippen LogP contribution < -0.4 is 5.32 Å². The van der Waals surface area contributed by atoms with Crippen molar-refractivity contribution in [3.8, 4) is 6.07 Å². The van der Waals surface area contributed by atoms with Gasteiger partial charge in [0, 0.05) is 6.54 Å². The van der Waals surface area contributed by atoms with Crippen molar-refractivity contribution in [3.05, 3.63) is 23.7 Å². The highest BCUT2D eigenvalue weighted by molar-refractivity contribution is 5.18. The Hall–Kier alpha value is -1.27. The van der Waals surface area contributed by atoms with E-state index >= 15 is 0 Å². The van der Waals surface area contributed by atoms with E-state index in [9.17, 15) is 0 Å². The number of rotatable bonds is 4. The Morgan fingerprint density at radius 2 is 2.12 bits per heavy atom. The van der Waals surface area contributed by atoms with Gasteiger partial charge in [0.2, 0.25) is 5.76 Å². The molecule has 1 aromatic heterocycles. The molecule has 1 aromatic rings. The van der Waals surface area contributed by atoms with Crippen molar-refractivity contribution in [2.75, 3.05) is 6.54 Å². The second-order valence-electron chi connectivity index (χ2n) is 5.35. The third kappa shape index (κ3) is 3.34. The summed E-state index contributed by atoms with van der Waals surface area (Å²) in [7, 11) is 0. The quantitative estimate of drug-likeness (QED) is 0.867. The molecule has 0 spiro atoms. The fraction of sp³-hybridized carbons (Fsp3) is 0.643. The smallest absolute Gasteiger partial charge is 0.203 e. The minimum Gasteiger partial charge on any atom is -0.449 e. The summed E-state index contributed by atoms with van der Waals surface area (Å²) < 4.78 is 5.33. The normalized spacial score (nSPS) is 18.8. The van der Waals surface area contributed by atoms with E-state index < -0.39 is 0 Å². The fourth-order valence-corrected chi connectivity index (χ4v) is 2.60. The van der Waals surface area contributed by atoms with Crippen molar-refractivity contribution in [2.24, 2.45) is 5.41 Å². The molecule has 1 N–H and O–H groups in total. The minimum atomic E-state index is 0.394. The minimum absolute atomic E-state index is 0.394. The van der Waals surface area contributed by atoms with Gasteiger partial charge in [-0.1, -0.05) is 26.2 Å². The molecule has 0 aromatic carbocycles. The summed E-state index contributed by atoms with van der Waals surface area (Å²) in [5.74, 6) is 1.24. The van der Waals surface area contributed by atoms with Gasteiger partial charge in [0.25, 0.3) is 0 Å². The maximum atomic E-state index is 8.66. The lowest BCUT2D eigenvalue weighted by Gasteiger charge is -2.33. The monoisotopic (exact) mass is 232 g/mol. The molecular weight excluding hydrogens is 212 g/mol. The largest absolute Gasteiger partial charge is 0.449 e. The maximum absolute atomic E-state index is 8.66. The van der Waals surface area contributed by atoms with E-state index in [1.165, 1.54) is 32.1 Å². The molecule has 0 amide bonds. The SMILES string of the molecule is CC1(CNCc2ccc(C#N)o2)CCCCC1. The van der Waals surface area contributed by atoms with Crippen LogP contribution in [0.5, 0.6) is 0 Å². The van der Waals surface area contributed by atoms with Crippen LogP contribution in [0.4, 0.5) is 0 Å². The van der Waals surface area contributed by atoms with Crippen LogP contribution in [0.2, 0.25) is 0 Å². The van der Waals surface area contributed by atoms with E-state index in [0.717, 1.165) is 18.8 Å². The number of hydrogen-bond acceptors (Lipinski definition) is 3. The van der Waals surface area contributed by atoms with Crippen LogP contribution in [0, 0.1) is 16.7 Å². The Bertz CT molecular complexity index is 397. The molecule has 2 rings (SSSR count). The lowest BCUT2D eigenvalue weighted by molar-refractivity contribution is 0.206. The number of nitrogens with one attached hydrogen (secondary N) is 1. The van der Waals surface area contributed by atoms with Gasteiger partial charge in [-0.25, -0.2) is 0 Å². The number of hydrogen-bond donors (Lipinski definition) is 1. The molecule has 0 radical (unpaired) electrons. The van der Waals surface area contributed by atoms with Crippen molar-refractivity contribution in [1.29, 1.82) is 5.26 Å². The molecule has 1 aliphatic rings. The van der Waals surface area contributed by atoms with Gasteiger partial charge in [-0.15, -0.1) is 0 Å². The Morgan fingerprint density at radius 1 is 1.35 bits per heavy atom. The molecule has 0 aliphatic heterocycles. The third-order valence-electron chi connectivity index (χ3n) is 3.68. The van der Waals surface area contributed by atoms with Gasteiger partial charge in [-0.2, -0.15) is 5.26 Å². The van der Waals surface area contributed by atoms with Crippen LogP contribution in [0.15, 0.2) is 16.5 Å². The van der Waals surface area contributed by atoms with Crippen molar-refractivity contribution >= 4 is 0 Å². The van der Waals surface area contributed by atoms with Crippen LogP contribution in [0.3, 0.4) is 0 Å². The molecule has 1 heterocycles. The second-order valence-corrected chi connectivity index (χ2v) is 5.35. The summed E-state index contributed by atoms with van der Waals surface area (Å²) in [6.07, 6.45) is 6.75. The predicted octanol–water partition coefficient (Wildman–Crippen LogP) is 3.21. The number of furan rings is 1. The van der Waals surface area contributed by atoms with Gasteiger partial charge in [-0.3, -0.25) is 0 Å². The Morgan fingerprint density at radius 3 is 2.76 bits per heavy atom. The first-order valence-corrected chi connectivity index (χ1v) is 6.41. The van der Waals surface area contributed by atoms with Crippen molar-refractivity contribution in [3.63, 3.8) is 0 Å². The summed E-state index contributed by atoms with van der Waals surface area (Å²) in [6, 6.07) is 5.59. The summed E-state index contributed by atoms with van der Waals surface area (Å²) in [4.78, 5) is 0. The van der Waals surface area contributed by atoms with E-state index in [1.807, 2.05) is 12.1 Å². The first-order valence-electron chi connectivity index (χ1n) is 6.41. The zero-order valence-electron chi connectivity index (χ0n) is 10.5. The molecule has 1 fully saturated rings. The van der Waals surface area contributed by atoms with E-state index in [-0.39, 0.29) is 0 Å². The highest BCUT2D eigenvalue weighted by atomic mass is 16.3. The van der Waals surface area contributed by atoms with Crippen molar-refractivity contribution in [2.45, 2.75) is 45.6 Å². The van der Waals surface area contributed by atoms with Gasteiger partial charge in [0.1, 0.15) is 11.8 Å². The molecule has 92 valence electrons. The molecule has 1 saturated carbocycles. The standard InChI is InChI=1S/C14H20N2O/c1-14(7-3-2-4-8-14)11-16-10-13-6-5-12(9-15)17-13/h5-6,16H,2-4,7-8,10-11H2,1H3. The summed E-state index contributed by atoms with van der Waals surface area (Å²) in [5.41, 5.74) is 0.447. The van der Waals surface area contributed by atoms with Crippen LogP contribution >= 0.6 is 0 Å². The molecule has 3 nitrogen and oxygen atoms in total. The summed E-state index contributed by atoms with van der Waals surface area (Å²) >= 11 is 0. The lowest BCUT2D eigenvalue weighted by atomic mass is 9.76. The molecule has 0 unspecified atom stereocenters. The van der Waals surface area contributed by atoms with Gasteiger partial charge < -0.3 is 9.73 Å². The first kappa shape index (κ1) is 12.2.